The van der Waals surface area contributed by atoms with Crippen LogP contribution in [0, 0.1) is 0 Å². The van der Waals surface area contributed by atoms with Crippen LogP contribution < -0.4 is 19.5 Å². The fourth-order valence-electron chi connectivity index (χ4n) is 2.10. The smallest absolute Gasteiger partial charge is 0.161 e. The summed E-state index contributed by atoms with van der Waals surface area (Å²) in [7, 11) is 1.64. The van der Waals surface area contributed by atoms with Crippen molar-refractivity contribution in [2.75, 3.05) is 32.2 Å². The molecule has 0 atom stereocenters. The van der Waals surface area contributed by atoms with Crippen LogP contribution in [0.4, 0.5) is 5.69 Å². The van der Waals surface area contributed by atoms with Gasteiger partial charge in [-0.05, 0) is 42.8 Å². The highest BCUT2D eigenvalue weighted by molar-refractivity contribution is 5.46. The minimum atomic E-state index is 0.565. The predicted molar refractivity (Wildman–Crippen MR) is 93.8 cm³/mol. The molecule has 0 heterocycles. The predicted octanol–water partition coefficient (Wildman–Crippen LogP) is 4.37. The molecule has 0 amide bonds. The van der Waals surface area contributed by atoms with Gasteiger partial charge in [-0.15, -0.1) is 0 Å². The zero-order chi connectivity index (χ0) is 16.3. The van der Waals surface area contributed by atoms with Crippen LogP contribution in [0.15, 0.2) is 48.5 Å². The molecule has 0 aromatic heterocycles. The zero-order valence-electron chi connectivity index (χ0n) is 13.9. The van der Waals surface area contributed by atoms with Gasteiger partial charge in [0.2, 0.25) is 0 Å². The second-order valence-electron chi connectivity index (χ2n) is 5.15. The van der Waals surface area contributed by atoms with Gasteiger partial charge in [-0.2, -0.15) is 0 Å². The first-order chi connectivity index (χ1) is 11.3. The standard InChI is InChI=1S/C19H25NO3/c1-3-4-14-22-17-11-9-16(10-12-17)20-13-15-23-19-8-6-5-7-18(19)21-2/h5-12,20H,3-4,13-15H2,1-2H3. The second-order valence-corrected chi connectivity index (χ2v) is 5.15. The molecule has 1 N–H and O–H groups in total. The molecule has 23 heavy (non-hydrogen) atoms. The third-order valence-corrected chi connectivity index (χ3v) is 3.38. The lowest BCUT2D eigenvalue weighted by molar-refractivity contribution is 0.305. The second kappa shape index (κ2) is 9.62. The van der Waals surface area contributed by atoms with Crippen molar-refractivity contribution in [3.8, 4) is 17.2 Å². The molecule has 4 nitrogen and oxygen atoms in total. The summed E-state index contributed by atoms with van der Waals surface area (Å²) in [5, 5.41) is 3.33. The van der Waals surface area contributed by atoms with Gasteiger partial charge in [-0.3, -0.25) is 0 Å². The summed E-state index contributed by atoms with van der Waals surface area (Å²) >= 11 is 0. The van der Waals surface area contributed by atoms with Crippen molar-refractivity contribution in [3.05, 3.63) is 48.5 Å². The summed E-state index contributed by atoms with van der Waals surface area (Å²) in [6.07, 6.45) is 2.23. The lowest BCUT2D eigenvalue weighted by atomic mass is 10.3. The number of benzene rings is 2. The third-order valence-electron chi connectivity index (χ3n) is 3.38. The van der Waals surface area contributed by atoms with Gasteiger partial charge in [0.15, 0.2) is 11.5 Å². The highest BCUT2D eigenvalue weighted by Crippen LogP contribution is 2.25. The van der Waals surface area contributed by atoms with E-state index in [1.54, 1.807) is 7.11 Å². The minimum absolute atomic E-state index is 0.565. The van der Waals surface area contributed by atoms with E-state index in [0.717, 1.165) is 42.4 Å². The van der Waals surface area contributed by atoms with Crippen LogP contribution in [0.25, 0.3) is 0 Å². The van der Waals surface area contributed by atoms with Crippen molar-refractivity contribution in [2.45, 2.75) is 19.8 Å². The average molecular weight is 315 g/mol. The lowest BCUT2D eigenvalue weighted by Crippen LogP contribution is -2.11. The summed E-state index contributed by atoms with van der Waals surface area (Å²) in [5.74, 6) is 2.42. The van der Waals surface area contributed by atoms with Crippen LogP contribution in [0.5, 0.6) is 17.2 Å². The van der Waals surface area contributed by atoms with Crippen molar-refractivity contribution in [1.82, 2.24) is 0 Å². The summed E-state index contributed by atoms with van der Waals surface area (Å²) < 4.78 is 16.6. The first-order valence-corrected chi connectivity index (χ1v) is 8.06. The fourth-order valence-corrected chi connectivity index (χ4v) is 2.10. The van der Waals surface area contributed by atoms with E-state index >= 15 is 0 Å². The molecule has 124 valence electrons. The average Bonchev–Trinajstić information content (AvgIpc) is 2.60. The van der Waals surface area contributed by atoms with Gasteiger partial charge >= 0.3 is 0 Å². The highest BCUT2D eigenvalue weighted by atomic mass is 16.5. The molecule has 0 bridgehead atoms. The number of nitrogens with one attached hydrogen (secondary N) is 1. The van der Waals surface area contributed by atoms with E-state index in [1.165, 1.54) is 0 Å². The van der Waals surface area contributed by atoms with Crippen molar-refractivity contribution in [3.63, 3.8) is 0 Å². The van der Waals surface area contributed by atoms with Gasteiger partial charge < -0.3 is 19.5 Å². The largest absolute Gasteiger partial charge is 0.494 e. The van der Waals surface area contributed by atoms with Gasteiger partial charge in [-0.1, -0.05) is 25.5 Å². The molecule has 0 spiro atoms. The normalized spacial score (nSPS) is 10.2. The van der Waals surface area contributed by atoms with Crippen LogP contribution in [0.2, 0.25) is 0 Å². The molecule has 0 saturated carbocycles. The van der Waals surface area contributed by atoms with E-state index in [-0.39, 0.29) is 0 Å². The van der Waals surface area contributed by atoms with Crippen LogP contribution in [0.1, 0.15) is 19.8 Å². The topological polar surface area (TPSA) is 39.7 Å². The van der Waals surface area contributed by atoms with E-state index in [2.05, 4.69) is 12.2 Å². The third kappa shape index (κ3) is 5.74. The SMILES string of the molecule is CCCCOc1ccc(NCCOc2ccccc2OC)cc1. The molecule has 0 radical (unpaired) electrons. The number of unbranched alkanes of at least 4 members (excludes halogenated alkanes) is 1. The van der Waals surface area contributed by atoms with Crippen molar-refractivity contribution in [2.24, 2.45) is 0 Å². The van der Waals surface area contributed by atoms with Crippen molar-refractivity contribution >= 4 is 5.69 Å². The Hall–Kier alpha value is -2.36. The quantitative estimate of drug-likeness (QED) is 0.661. The fraction of sp³-hybridized carbons (Fsp3) is 0.368. The molecule has 0 saturated heterocycles. The van der Waals surface area contributed by atoms with Gasteiger partial charge in [0.25, 0.3) is 0 Å². The number of anilines is 1. The van der Waals surface area contributed by atoms with Gasteiger partial charge in [0.1, 0.15) is 12.4 Å². The van der Waals surface area contributed by atoms with E-state index < -0.39 is 0 Å². The highest BCUT2D eigenvalue weighted by Gasteiger charge is 2.02. The Kier molecular flexibility index (Phi) is 7.11. The molecule has 2 rings (SSSR count). The number of rotatable bonds is 10. The molecule has 0 aliphatic rings. The Labute approximate surface area is 138 Å². The molecule has 0 unspecified atom stereocenters. The number of ether oxygens (including phenoxy) is 3. The first kappa shape index (κ1) is 17.0. The van der Waals surface area contributed by atoms with Crippen LogP contribution in [0.3, 0.4) is 0 Å². The lowest BCUT2D eigenvalue weighted by Gasteiger charge is -2.12. The van der Waals surface area contributed by atoms with Crippen LogP contribution in [-0.4, -0.2) is 26.9 Å². The first-order valence-electron chi connectivity index (χ1n) is 8.06. The zero-order valence-corrected chi connectivity index (χ0v) is 13.9. The number of para-hydroxylation sites is 2. The molecular formula is C19H25NO3. The Balaban J connectivity index is 1.71. The van der Waals surface area contributed by atoms with Gasteiger partial charge in [-0.25, -0.2) is 0 Å². The van der Waals surface area contributed by atoms with E-state index in [0.29, 0.717) is 13.2 Å². The molecule has 2 aromatic rings. The molecule has 0 aliphatic carbocycles. The van der Waals surface area contributed by atoms with E-state index in [1.807, 2.05) is 48.5 Å². The molecular weight excluding hydrogens is 290 g/mol. The summed E-state index contributed by atoms with van der Waals surface area (Å²) in [4.78, 5) is 0. The van der Waals surface area contributed by atoms with Gasteiger partial charge in [0, 0.05) is 12.2 Å². The summed E-state index contributed by atoms with van der Waals surface area (Å²) in [6.45, 7) is 4.21. The van der Waals surface area contributed by atoms with Crippen LogP contribution in [-0.2, 0) is 0 Å². The Morgan fingerprint density at radius 2 is 1.61 bits per heavy atom. The Morgan fingerprint density at radius 3 is 2.30 bits per heavy atom. The number of hydrogen-bond donors (Lipinski definition) is 1. The molecule has 2 aromatic carbocycles. The van der Waals surface area contributed by atoms with E-state index in [9.17, 15) is 0 Å². The maximum absolute atomic E-state index is 5.73. The number of hydrogen-bond acceptors (Lipinski definition) is 4. The monoisotopic (exact) mass is 315 g/mol. The molecule has 0 fully saturated rings. The van der Waals surface area contributed by atoms with Crippen molar-refractivity contribution < 1.29 is 14.2 Å². The Bertz CT molecular complexity index is 569. The van der Waals surface area contributed by atoms with Crippen molar-refractivity contribution in [1.29, 1.82) is 0 Å². The summed E-state index contributed by atoms with van der Waals surface area (Å²) in [5.41, 5.74) is 1.05. The maximum atomic E-state index is 5.73. The molecule has 0 aliphatic heterocycles. The summed E-state index contributed by atoms with van der Waals surface area (Å²) in [6, 6.07) is 15.7. The Morgan fingerprint density at radius 1 is 0.870 bits per heavy atom. The number of methoxy groups -OCH3 is 1. The minimum Gasteiger partial charge on any atom is -0.494 e. The van der Waals surface area contributed by atoms with Gasteiger partial charge in [0.05, 0.1) is 13.7 Å². The van der Waals surface area contributed by atoms with E-state index in [4.69, 9.17) is 14.2 Å². The maximum Gasteiger partial charge on any atom is 0.161 e. The van der Waals surface area contributed by atoms with Crippen LogP contribution >= 0.6 is 0 Å². The molecule has 4 heteroatoms.